The van der Waals surface area contributed by atoms with Crippen molar-refractivity contribution in [1.82, 2.24) is 10.2 Å². The van der Waals surface area contributed by atoms with Gasteiger partial charge in [-0.2, -0.15) is 0 Å². The van der Waals surface area contributed by atoms with E-state index in [1.54, 1.807) is 9.80 Å². The molecule has 28 heavy (non-hydrogen) atoms. The molecule has 8 nitrogen and oxygen atoms in total. The van der Waals surface area contributed by atoms with Crippen molar-refractivity contribution in [2.24, 2.45) is 5.92 Å². The Balaban J connectivity index is 1.51. The van der Waals surface area contributed by atoms with Gasteiger partial charge in [0.05, 0.1) is 25.7 Å². The zero-order valence-electron chi connectivity index (χ0n) is 16.3. The number of benzene rings is 1. The highest BCUT2D eigenvalue weighted by atomic mass is 16.5. The number of amides is 3. The number of carbonyl (C=O) groups excluding carboxylic acids is 3. The van der Waals surface area contributed by atoms with Gasteiger partial charge in [0.15, 0.2) is 0 Å². The second-order valence-corrected chi connectivity index (χ2v) is 7.07. The second-order valence-electron chi connectivity index (χ2n) is 7.07. The molecule has 2 aliphatic heterocycles. The third-order valence-corrected chi connectivity index (χ3v) is 5.23. The Labute approximate surface area is 164 Å². The highest BCUT2D eigenvalue weighted by Crippen LogP contribution is 2.25. The summed E-state index contributed by atoms with van der Waals surface area (Å²) >= 11 is 0. The van der Waals surface area contributed by atoms with E-state index in [0.717, 1.165) is 11.4 Å². The maximum Gasteiger partial charge on any atom is 0.317 e. The van der Waals surface area contributed by atoms with Crippen LogP contribution in [0.15, 0.2) is 24.3 Å². The first-order valence-electron chi connectivity index (χ1n) is 9.68. The molecule has 3 rings (SSSR count). The number of nitrogens with one attached hydrogen (secondary N) is 1. The minimum Gasteiger partial charge on any atom is -0.494 e. The molecule has 0 aliphatic carbocycles. The van der Waals surface area contributed by atoms with Crippen LogP contribution in [0.2, 0.25) is 0 Å². The molecule has 0 saturated carbocycles. The van der Waals surface area contributed by atoms with Crippen LogP contribution in [0.5, 0.6) is 5.75 Å². The molecule has 3 amide bonds. The molecule has 1 aromatic carbocycles. The molecule has 152 valence electrons. The summed E-state index contributed by atoms with van der Waals surface area (Å²) in [7, 11) is 1.38. The third-order valence-electron chi connectivity index (χ3n) is 5.23. The summed E-state index contributed by atoms with van der Waals surface area (Å²) in [4.78, 5) is 39.9. The van der Waals surface area contributed by atoms with Crippen LogP contribution < -0.4 is 15.0 Å². The van der Waals surface area contributed by atoms with Gasteiger partial charge < -0.3 is 24.6 Å². The van der Waals surface area contributed by atoms with Gasteiger partial charge in [0.2, 0.25) is 5.91 Å². The predicted octanol–water partition coefficient (Wildman–Crippen LogP) is 1.79. The molecule has 0 aromatic heterocycles. The van der Waals surface area contributed by atoms with Gasteiger partial charge in [-0.05, 0) is 44.0 Å². The van der Waals surface area contributed by atoms with Crippen molar-refractivity contribution >= 4 is 23.6 Å². The van der Waals surface area contributed by atoms with Gasteiger partial charge in [0.25, 0.3) is 0 Å². The third kappa shape index (κ3) is 4.55. The van der Waals surface area contributed by atoms with Crippen LogP contribution in [0.25, 0.3) is 0 Å². The normalized spacial score (nSPS) is 20.2. The zero-order chi connectivity index (χ0) is 20.1. The number of piperidine rings is 1. The molecule has 0 bridgehead atoms. The molecule has 2 fully saturated rings. The van der Waals surface area contributed by atoms with E-state index in [1.807, 2.05) is 31.2 Å². The van der Waals surface area contributed by atoms with Gasteiger partial charge in [-0.25, -0.2) is 4.79 Å². The Kier molecular flexibility index (Phi) is 6.38. The van der Waals surface area contributed by atoms with E-state index in [2.05, 4.69) is 5.32 Å². The molecule has 0 unspecified atom stereocenters. The standard InChI is InChI=1S/C20H27N3O5/c1-3-28-17-6-4-16(5-7-17)23-13-15(12-18(23)24)21-20(26)22-10-8-14(9-11-22)19(25)27-2/h4-7,14-15H,3,8-13H2,1-2H3,(H,21,26)/t15-/m0/s1. The highest BCUT2D eigenvalue weighted by Gasteiger charge is 2.34. The topological polar surface area (TPSA) is 88.2 Å². The van der Waals surface area contributed by atoms with Gasteiger partial charge in [0, 0.05) is 31.7 Å². The summed E-state index contributed by atoms with van der Waals surface area (Å²) < 4.78 is 10.2. The van der Waals surface area contributed by atoms with E-state index in [-0.39, 0.29) is 36.3 Å². The van der Waals surface area contributed by atoms with Crippen molar-refractivity contribution in [2.75, 3.05) is 38.3 Å². The summed E-state index contributed by atoms with van der Waals surface area (Å²) in [6, 6.07) is 6.96. The highest BCUT2D eigenvalue weighted by molar-refractivity contribution is 5.96. The van der Waals surface area contributed by atoms with Crippen molar-refractivity contribution in [2.45, 2.75) is 32.2 Å². The molecule has 0 radical (unpaired) electrons. The lowest BCUT2D eigenvalue weighted by Crippen LogP contribution is -2.49. The first kappa shape index (κ1) is 20.0. The second kappa shape index (κ2) is 8.95. The van der Waals surface area contributed by atoms with E-state index in [4.69, 9.17) is 9.47 Å². The fourth-order valence-corrected chi connectivity index (χ4v) is 3.69. The van der Waals surface area contributed by atoms with Crippen LogP contribution in [-0.2, 0) is 14.3 Å². The maximum atomic E-state index is 12.5. The Hall–Kier alpha value is -2.77. The fraction of sp³-hybridized carbons (Fsp3) is 0.550. The van der Waals surface area contributed by atoms with Crippen molar-refractivity contribution in [1.29, 1.82) is 0 Å². The number of hydrogen-bond acceptors (Lipinski definition) is 5. The summed E-state index contributed by atoms with van der Waals surface area (Å²) in [5, 5.41) is 2.95. The average Bonchev–Trinajstić information content (AvgIpc) is 3.08. The lowest BCUT2D eigenvalue weighted by atomic mass is 9.97. The van der Waals surface area contributed by atoms with E-state index < -0.39 is 0 Å². The number of rotatable bonds is 5. The van der Waals surface area contributed by atoms with Crippen LogP contribution in [0, 0.1) is 5.92 Å². The zero-order valence-corrected chi connectivity index (χ0v) is 16.3. The Morgan fingerprint density at radius 3 is 2.46 bits per heavy atom. The first-order chi connectivity index (χ1) is 13.5. The van der Waals surface area contributed by atoms with Crippen molar-refractivity contribution in [3.05, 3.63) is 24.3 Å². The number of anilines is 1. The number of likely N-dealkylation sites (tertiary alicyclic amines) is 1. The van der Waals surface area contributed by atoms with Crippen LogP contribution in [0.3, 0.4) is 0 Å². The Bertz CT molecular complexity index is 713. The van der Waals surface area contributed by atoms with E-state index >= 15 is 0 Å². The molecule has 2 saturated heterocycles. The molecule has 2 aliphatic rings. The number of esters is 1. The van der Waals surface area contributed by atoms with Crippen LogP contribution in [0.4, 0.5) is 10.5 Å². The number of methoxy groups -OCH3 is 1. The monoisotopic (exact) mass is 389 g/mol. The number of urea groups is 1. The molecule has 1 atom stereocenters. The summed E-state index contributed by atoms with van der Waals surface area (Å²) in [5.41, 5.74) is 0.795. The maximum absolute atomic E-state index is 12.5. The van der Waals surface area contributed by atoms with Crippen LogP contribution in [-0.4, -0.2) is 62.2 Å². The first-order valence-corrected chi connectivity index (χ1v) is 9.68. The van der Waals surface area contributed by atoms with Crippen molar-refractivity contribution < 1.29 is 23.9 Å². The number of hydrogen-bond donors (Lipinski definition) is 1. The fourth-order valence-electron chi connectivity index (χ4n) is 3.69. The summed E-state index contributed by atoms with van der Waals surface area (Å²) in [5.74, 6) is 0.390. The Morgan fingerprint density at radius 1 is 1.18 bits per heavy atom. The molecule has 0 spiro atoms. The van der Waals surface area contributed by atoms with E-state index in [9.17, 15) is 14.4 Å². The van der Waals surface area contributed by atoms with Gasteiger partial charge in [-0.1, -0.05) is 0 Å². The van der Waals surface area contributed by atoms with Gasteiger partial charge >= 0.3 is 12.0 Å². The Morgan fingerprint density at radius 2 is 1.86 bits per heavy atom. The molecule has 1 aromatic rings. The van der Waals surface area contributed by atoms with E-state index in [0.29, 0.717) is 39.1 Å². The lowest BCUT2D eigenvalue weighted by molar-refractivity contribution is -0.146. The minimum absolute atomic E-state index is 0.0149. The molecular formula is C20H27N3O5. The SMILES string of the molecule is CCOc1ccc(N2C[C@@H](NC(=O)N3CCC(C(=O)OC)CC3)CC2=O)cc1. The number of ether oxygens (including phenoxy) is 2. The van der Waals surface area contributed by atoms with Crippen molar-refractivity contribution in [3.8, 4) is 5.75 Å². The van der Waals surface area contributed by atoms with Crippen LogP contribution in [0.1, 0.15) is 26.2 Å². The molecule has 1 N–H and O–H groups in total. The number of carbonyl (C=O) groups is 3. The van der Waals surface area contributed by atoms with Crippen molar-refractivity contribution in [3.63, 3.8) is 0 Å². The van der Waals surface area contributed by atoms with Gasteiger partial charge in [-0.3, -0.25) is 9.59 Å². The minimum atomic E-state index is -0.232. The largest absolute Gasteiger partial charge is 0.494 e. The summed E-state index contributed by atoms with van der Waals surface area (Å²) in [6.45, 7) is 3.97. The predicted molar refractivity (Wildman–Crippen MR) is 103 cm³/mol. The molecule has 2 heterocycles. The lowest BCUT2D eigenvalue weighted by Gasteiger charge is -2.31. The van der Waals surface area contributed by atoms with E-state index in [1.165, 1.54) is 7.11 Å². The van der Waals surface area contributed by atoms with Gasteiger partial charge in [-0.15, -0.1) is 0 Å². The number of nitrogens with zero attached hydrogens (tertiary/aromatic N) is 2. The van der Waals surface area contributed by atoms with Gasteiger partial charge in [0.1, 0.15) is 5.75 Å². The van der Waals surface area contributed by atoms with Crippen LogP contribution >= 0.6 is 0 Å². The quantitative estimate of drug-likeness (QED) is 0.776. The molecule has 8 heteroatoms. The summed E-state index contributed by atoms with van der Waals surface area (Å²) in [6.07, 6.45) is 1.47. The average molecular weight is 389 g/mol. The molecular weight excluding hydrogens is 362 g/mol. The smallest absolute Gasteiger partial charge is 0.317 e.